The summed E-state index contributed by atoms with van der Waals surface area (Å²) in [6, 6.07) is 6.57. The molecule has 1 atom stereocenters. The van der Waals surface area contributed by atoms with Crippen LogP contribution in [0.4, 0.5) is 0 Å². The molecule has 0 spiro atoms. The fourth-order valence-electron chi connectivity index (χ4n) is 3.50. The van der Waals surface area contributed by atoms with Gasteiger partial charge in [0.15, 0.2) is 0 Å². The highest BCUT2D eigenvalue weighted by Crippen LogP contribution is 2.26. The van der Waals surface area contributed by atoms with Crippen LogP contribution in [0.25, 0.3) is 0 Å². The maximum Gasteiger partial charge on any atom is 0.251 e. The van der Waals surface area contributed by atoms with Gasteiger partial charge in [-0.2, -0.15) is 4.31 Å². The van der Waals surface area contributed by atoms with Crippen LogP contribution in [-0.2, 0) is 14.8 Å². The Kier molecular flexibility index (Phi) is 6.52. The summed E-state index contributed by atoms with van der Waals surface area (Å²) in [6.45, 7) is 5.41. The minimum absolute atomic E-state index is 0.103. The van der Waals surface area contributed by atoms with Crippen molar-refractivity contribution in [3.63, 3.8) is 0 Å². The number of ether oxygens (including phenoxy) is 1. The molecule has 2 fully saturated rings. The standard InChI is InChI=1S/C19H29N3O4S/c1-15(26-2)12-20-19(23)16-7-6-8-18(11-16)27(24,25)22-13-17(14-22)21-9-4-3-5-10-21/h6-8,11,15,17H,3-5,9-10,12-14H2,1-2H3,(H,20,23)/t15-/m0/s1. The lowest BCUT2D eigenvalue weighted by atomic mass is 10.1. The van der Waals surface area contributed by atoms with E-state index in [-0.39, 0.29) is 16.9 Å². The minimum atomic E-state index is -3.56. The number of likely N-dealkylation sites (tertiary alicyclic amines) is 1. The van der Waals surface area contributed by atoms with Gasteiger partial charge in [0.25, 0.3) is 5.91 Å². The molecule has 1 N–H and O–H groups in total. The molecule has 7 nitrogen and oxygen atoms in total. The first-order valence-corrected chi connectivity index (χ1v) is 11.0. The number of methoxy groups -OCH3 is 1. The summed E-state index contributed by atoms with van der Waals surface area (Å²) in [4.78, 5) is 14.8. The third-order valence-electron chi connectivity index (χ3n) is 5.42. The lowest BCUT2D eigenvalue weighted by Crippen LogP contribution is -2.61. The summed E-state index contributed by atoms with van der Waals surface area (Å²) in [5.74, 6) is -0.300. The van der Waals surface area contributed by atoms with Crippen LogP contribution >= 0.6 is 0 Å². The number of hydrogen-bond donors (Lipinski definition) is 1. The van der Waals surface area contributed by atoms with Gasteiger partial charge in [-0.1, -0.05) is 12.5 Å². The molecule has 1 aromatic carbocycles. The molecular weight excluding hydrogens is 366 g/mol. The molecule has 2 aliphatic rings. The average Bonchev–Trinajstić information content (AvgIpc) is 2.65. The second kappa shape index (κ2) is 8.68. The van der Waals surface area contributed by atoms with Crippen LogP contribution in [0.15, 0.2) is 29.2 Å². The number of hydrogen-bond acceptors (Lipinski definition) is 5. The quantitative estimate of drug-likeness (QED) is 0.753. The summed E-state index contributed by atoms with van der Waals surface area (Å²) in [5.41, 5.74) is 0.340. The molecule has 0 radical (unpaired) electrons. The lowest BCUT2D eigenvalue weighted by Gasteiger charge is -2.45. The maximum absolute atomic E-state index is 12.9. The number of piperidine rings is 1. The molecule has 0 unspecified atom stereocenters. The number of benzene rings is 1. The molecule has 3 rings (SSSR count). The largest absolute Gasteiger partial charge is 0.380 e. The Labute approximate surface area is 161 Å². The van der Waals surface area contributed by atoms with Crippen LogP contribution in [0.1, 0.15) is 36.5 Å². The van der Waals surface area contributed by atoms with E-state index in [2.05, 4.69) is 10.2 Å². The zero-order valence-electron chi connectivity index (χ0n) is 16.1. The molecule has 27 heavy (non-hydrogen) atoms. The Morgan fingerprint density at radius 2 is 1.96 bits per heavy atom. The fraction of sp³-hybridized carbons (Fsp3) is 0.632. The van der Waals surface area contributed by atoms with E-state index in [9.17, 15) is 13.2 Å². The van der Waals surface area contributed by atoms with Crippen LogP contribution in [0, 0.1) is 0 Å². The highest BCUT2D eigenvalue weighted by Gasteiger charge is 2.39. The van der Waals surface area contributed by atoms with Crippen molar-refractivity contribution in [3.8, 4) is 0 Å². The Hall–Kier alpha value is -1.48. The average molecular weight is 396 g/mol. The molecule has 0 bridgehead atoms. The van der Waals surface area contributed by atoms with Gasteiger partial charge in [0.05, 0.1) is 11.0 Å². The summed E-state index contributed by atoms with van der Waals surface area (Å²) in [7, 11) is -1.99. The fourth-order valence-corrected chi connectivity index (χ4v) is 5.06. The Morgan fingerprint density at radius 3 is 2.63 bits per heavy atom. The van der Waals surface area contributed by atoms with Gasteiger partial charge >= 0.3 is 0 Å². The van der Waals surface area contributed by atoms with Crippen molar-refractivity contribution in [1.29, 1.82) is 0 Å². The SMILES string of the molecule is CO[C@@H](C)CNC(=O)c1cccc(S(=O)(=O)N2CC(N3CCCCC3)C2)c1. The third kappa shape index (κ3) is 4.68. The Morgan fingerprint density at radius 1 is 1.26 bits per heavy atom. The van der Waals surface area contributed by atoms with E-state index >= 15 is 0 Å². The van der Waals surface area contributed by atoms with E-state index < -0.39 is 10.0 Å². The molecular formula is C19H29N3O4S. The van der Waals surface area contributed by atoms with Crippen LogP contribution in [0.3, 0.4) is 0 Å². The molecule has 0 aromatic heterocycles. The first-order chi connectivity index (χ1) is 12.9. The van der Waals surface area contributed by atoms with Crippen molar-refractivity contribution in [2.24, 2.45) is 0 Å². The second-order valence-electron chi connectivity index (χ2n) is 7.36. The van der Waals surface area contributed by atoms with E-state index in [0.29, 0.717) is 31.2 Å². The van der Waals surface area contributed by atoms with Crippen molar-refractivity contribution in [2.45, 2.75) is 43.2 Å². The highest BCUT2D eigenvalue weighted by atomic mass is 32.2. The van der Waals surface area contributed by atoms with Gasteiger partial charge in [0.2, 0.25) is 10.0 Å². The van der Waals surface area contributed by atoms with E-state index in [0.717, 1.165) is 13.1 Å². The second-order valence-corrected chi connectivity index (χ2v) is 9.29. The van der Waals surface area contributed by atoms with Crippen molar-refractivity contribution >= 4 is 15.9 Å². The molecule has 0 saturated carbocycles. The van der Waals surface area contributed by atoms with Gasteiger partial charge in [-0.15, -0.1) is 0 Å². The summed E-state index contributed by atoms with van der Waals surface area (Å²) < 4.78 is 32.4. The number of nitrogens with one attached hydrogen (secondary N) is 1. The highest BCUT2D eigenvalue weighted by molar-refractivity contribution is 7.89. The topological polar surface area (TPSA) is 78.9 Å². The smallest absolute Gasteiger partial charge is 0.251 e. The summed E-state index contributed by atoms with van der Waals surface area (Å²) in [5, 5.41) is 2.76. The number of amides is 1. The molecule has 2 saturated heterocycles. The van der Waals surface area contributed by atoms with Crippen molar-refractivity contribution < 1.29 is 17.9 Å². The van der Waals surface area contributed by atoms with E-state index in [1.165, 1.54) is 29.6 Å². The molecule has 2 aliphatic heterocycles. The molecule has 0 aliphatic carbocycles. The molecule has 1 amide bonds. The molecule has 2 heterocycles. The zero-order chi connectivity index (χ0) is 19.4. The number of rotatable bonds is 7. The molecule has 1 aromatic rings. The summed E-state index contributed by atoms with van der Waals surface area (Å²) in [6.07, 6.45) is 3.56. The van der Waals surface area contributed by atoms with Crippen LogP contribution < -0.4 is 5.32 Å². The lowest BCUT2D eigenvalue weighted by molar-refractivity contribution is 0.0716. The number of nitrogens with zero attached hydrogens (tertiary/aromatic N) is 2. The van der Waals surface area contributed by atoms with E-state index in [4.69, 9.17) is 4.74 Å². The van der Waals surface area contributed by atoms with Crippen LogP contribution in [0.5, 0.6) is 0 Å². The number of carbonyl (C=O) groups is 1. The van der Waals surface area contributed by atoms with Crippen molar-refractivity contribution in [1.82, 2.24) is 14.5 Å². The summed E-state index contributed by atoms with van der Waals surface area (Å²) >= 11 is 0. The predicted octanol–water partition coefficient (Wildman–Crippen LogP) is 1.31. The first kappa shape index (κ1) is 20.3. The maximum atomic E-state index is 12.9. The normalized spacial score (nSPS) is 20.8. The molecule has 8 heteroatoms. The minimum Gasteiger partial charge on any atom is -0.380 e. The first-order valence-electron chi connectivity index (χ1n) is 9.57. The van der Waals surface area contributed by atoms with Gasteiger partial charge in [-0.3, -0.25) is 9.69 Å². The Balaban J connectivity index is 1.62. The Bertz CT molecular complexity index is 756. The third-order valence-corrected chi connectivity index (χ3v) is 7.25. The van der Waals surface area contributed by atoms with Gasteiger partial charge in [-0.25, -0.2) is 8.42 Å². The van der Waals surface area contributed by atoms with Gasteiger partial charge in [0, 0.05) is 38.3 Å². The van der Waals surface area contributed by atoms with Crippen LogP contribution in [-0.4, -0.2) is 75.5 Å². The van der Waals surface area contributed by atoms with Crippen molar-refractivity contribution in [3.05, 3.63) is 29.8 Å². The zero-order valence-corrected chi connectivity index (χ0v) is 16.9. The number of carbonyl (C=O) groups excluding carboxylic acids is 1. The number of sulfonamides is 1. The monoisotopic (exact) mass is 395 g/mol. The van der Waals surface area contributed by atoms with Gasteiger partial charge in [-0.05, 0) is 51.1 Å². The molecule has 150 valence electrons. The van der Waals surface area contributed by atoms with E-state index in [1.807, 2.05) is 6.92 Å². The van der Waals surface area contributed by atoms with Gasteiger partial charge in [0.1, 0.15) is 0 Å². The predicted molar refractivity (Wildman–Crippen MR) is 103 cm³/mol. The van der Waals surface area contributed by atoms with E-state index in [1.54, 1.807) is 25.3 Å². The van der Waals surface area contributed by atoms with Crippen LogP contribution in [0.2, 0.25) is 0 Å². The van der Waals surface area contributed by atoms with Crippen molar-refractivity contribution in [2.75, 3.05) is 39.8 Å². The van der Waals surface area contributed by atoms with Gasteiger partial charge < -0.3 is 10.1 Å².